The zero-order valence-corrected chi connectivity index (χ0v) is 20.4. The van der Waals surface area contributed by atoms with Gasteiger partial charge in [0.15, 0.2) is 5.96 Å². The van der Waals surface area contributed by atoms with Crippen LogP contribution in [0.25, 0.3) is 0 Å². The van der Waals surface area contributed by atoms with Crippen LogP contribution in [0, 0.1) is 5.41 Å². The lowest BCUT2D eigenvalue weighted by Gasteiger charge is -2.38. The molecular weight excluding hydrogens is 499 g/mol. The molecule has 1 aliphatic carbocycles. The molecule has 0 radical (unpaired) electrons. The van der Waals surface area contributed by atoms with Crippen molar-refractivity contribution < 1.29 is 8.42 Å². The van der Waals surface area contributed by atoms with Gasteiger partial charge >= 0.3 is 0 Å². The maximum absolute atomic E-state index is 12.6. The quantitative estimate of drug-likeness (QED) is 0.359. The predicted octanol–water partition coefficient (Wildman–Crippen LogP) is 3.43. The van der Waals surface area contributed by atoms with Crippen molar-refractivity contribution in [1.82, 2.24) is 14.5 Å². The molecule has 1 saturated carbocycles. The molecule has 0 bridgehead atoms. The van der Waals surface area contributed by atoms with Crippen LogP contribution in [0.3, 0.4) is 0 Å². The van der Waals surface area contributed by atoms with Crippen molar-refractivity contribution in [1.29, 1.82) is 0 Å². The number of guanidine groups is 1. The number of hydrogen-bond donors (Lipinski definition) is 1. The first kappa shape index (κ1) is 22.8. The van der Waals surface area contributed by atoms with Crippen molar-refractivity contribution in [2.45, 2.75) is 56.9 Å². The molecular formula is C21H33IN4O2S. The molecule has 4 rings (SSSR count). The topological polar surface area (TPSA) is 65.0 Å². The monoisotopic (exact) mass is 532 g/mol. The fourth-order valence-electron chi connectivity index (χ4n) is 4.64. The molecule has 162 valence electrons. The number of aliphatic imine (C=N–C) groups is 1. The van der Waals surface area contributed by atoms with Crippen molar-refractivity contribution in [2.24, 2.45) is 10.4 Å². The molecule has 6 nitrogen and oxygen atoms in total. The number of rotatable bonds is 5. The minimum Gasteiger partial charge on any atom is -0.357 e. The third kappa shape index (κ3) is 4.90. The Hall–Kier alpha value is -0.870. The van der Waals surface area contributed by atoms with Gasteiger partial charge in [-0.2, -0.15) is 4.31 Å². The SMILES string of the molecule is CCNC(=NCc1ccc(S(=O)(=O)N2CCCC2)cc1)N1CCC2(CCC2)C1.I. The fourth-order valence-corrected chi connectivity index (χ4v) is 6.15. The average molecular weight is 532 g/mol. The summed E-state index contributed by atoms with van der Waals surface area (Å²) in [5, 5.41) is 3.43. The van der Waals surface area contributed by atoms with Gasteiger partial charge in [0, 0.05) is 32.7 Å². The first-order chi connectivity index (χ1) is 13.5. The lowest BCUT2D eigenvalue weighted by molar-refractivity contribution is 0.151. The standard InChI is InChI=1S/C21H32N4O2S.HI/c1-2-22-20(24-15-12-21(17-24)10-5-11-21)23-16-18-6-8-19(9-7-18)28(26,27)25-13-3-4-14-25;/h6-9H,2-5,10-17H2,1H3,(H,22,23);1H. The Labute approximate surface area is 192 Å². The Kier molecular flexibility index (Phi) is 7.48. The van der Waals surface area contributed by atoms with Crippen LogP contribution in [0.1, 0.15) is 51.0 Å². The van der Waals surface area contributed by atoms with Crippen LogP contribution < -0.4 is 5.32 Å². The molecule has 2 saturated heterocycles. The van der Waals surface area contributed by atoms with E-state index < -0.39 is 10.0 Å². The Morgan fingerprint density at radius 1 is 1.07 bits per heavy atom. The van der Waals surface area contributed by atoms with E-state index >= 15 is 0 Å². The van der Waals surface area contributed by atoms with Gasteiger partial charge in [-0.15, -0.1) is 24.0 Å². The van der Waals surface area contributed by atoms with Crippen LogP contribution >= 0.6 is 24.0 Å². The van der Waals surface area contributed by atoms with Gasteiger partial charge in [-0.05, 0) is 62.1 Å². The molecule has 3 fully saturated rings. The first-order valence-electron chi connectivity index (χ1n) is 10.6. The number of benzene rings is 1. The van der Waals surface area contributed by atoms with Crippen molar-refractivity contribution in [3.63, 3.8) is 0 Å². The third-order valence-electron chi connectivity index (χ3n) is 6.52. The minimum absolute atomic E-state index is 0. The van der Waals surface area contributed by atoms with Crippen LogP contribution in [0.2, 0.25) is 0 Å². The highest BCUT2D eigenvalue weighted by molar-refractivity contribution is 14.0. The van der Waals surface area contributed by atoms with Gasteiger partial charge in [0.05, 0.1) is 11.4 Å². The molecule has 2 heterocycles. The summed E-state index contributed by atoms with van der Waals surface area (Å²) in [4.78, 5) is 7.62. The lowest BCUT2D eigenvalue weighted by Crippen LogP contribution is -2.42. The molecule has 2 aliphatic heterocycles. The molecule has 1 aromatic carbocycles. The second kappa shape index (κ2) is 9.51. The maximum Gasteiger partial charge on any atom is 0.243 e. The second-order valence-corrected chi connectivity index (χ2v) is 10.4. The zero-order chi connectivity index (χ0) is 19.6. The summed E-state index contributed by atoms with van der Waals surface area (Å²) in [5.41, 5.74) is 1.58. The van der Waals surface area contributed by atoms with Gasteiger partial charge < -0.3 is 10.2 Å². The Bertz CT molecular complexity index is 816. The van der Waals surface area contributed by atoms with Crippen LogP contribution in [0.15, 0.2) is 34.2 Å². The Balaban J connectivity index is 0.00000240. The van der Waals surface area contributed by atoms with Gasteiger partial charge in [0.1, 0.15) is 0 Å². The van der Waals surface area contributed by atoms with Crippen molar-refractivity contribution in [3.05, 3.63) is 29.8 Å². The summed E-state index contributed by atoms with van der Waals surface area (Å²) < 4.78 is 26.9. The van der Waals surface area contributed by atoms with E-state index in [1.54, 1.807) is 16.4 Å². The summed E-state index contributed by atoms with van der Waals surface area (Å²) in [6, 6.07) is 7.25. The van der Waals surface area contributed by atoms with Crippen LogP contribution in [-0.2, 0) is 16.6 Å². The molecule has 29 heavy (non-hydrogen) atoms. The molecule has 0 amide bonds. The summed E-state index contributed by atoms with van der Waals surface area (Å²) >= 11 is 0. The molecule has 8 heteroatoms. The fraction of sp³-hybridized carbons (Fsp3) is 0.667. The minimum atomic E-state index is -3.34. The number of hydrogen-bond acceptors (Lipinski definition) is 3. The molecule has 3 aliphatic rings. The van der Waals surface area contributed by atoms with Gasteiger partial charge in [0.25, 0.3) is 0 Å². The van der Waals surface area contributed by atoms with E-state index in [0.29, 0.717) is 29.9 Å². The van der Waals surface area contributed by atoms with Gasteiger partial charge in [-0.1, -0.05) is 18.6 Å². The van der Waals surface area contributed by atoms with E-state index in [0.717, 1.165) is 44.0 Å². The predicted molar refractivity (Wildman–Crippen MR) is 127 cm³/mol. The van der Waals surface area contributed by atoms with Crippen molar-refractivity contribution in [2.75, 3.05) is 32.7 Å². The molecule has 0 unspecified atom stereocenters. The van der Waals surface area contributed by atoms with E-state index in [4.69, 9.17) is 4.99 Å². The number of likely N-dealkylation sites (tertiary alicyclic amines) is 1. The van der Waals surface area contributed by atoms with E-state index in [-0.39, 0.29) is 24.0 Å². The highest BCUT2D eigenvalue weighted by Gasteiger charge is 2.43. The summed E-state index contributed by atoms with van der Waals surface area (Å²) in [6.07, 6.45) is 7.27. The number of nitrogens with one attached hydrogen (secondary N) is 1. The number of halogens is 1. The van der Waals surface area contributed by atoms with Crippen LogP contribution in [0.5, 0.6) is 0 Å². The van der Waals surface area contributed by atoms with Gasteiger partial charge in [-0.3, -0.25) is 0 Å². The van der Waals surface area contributed by atoms with E-state index in [1.165, 1.54) is 25.7 Å². The maximum atomic E-state index is 12.6. The molecule has 1 N–H and O–H groups in total. The summed E-state index contributed by atoms with van der Waals surface area (Å²) in [6.45, 7) is 6.99. The third-order valence-corrected chi connectivity index (χ3v) is 8.44. The lowest BCUT2D eigenvalue weighted by atomic mass is 9.68. The Morgan fingerprint density at radius 3 is 2.31 bits per heavy atom. The highest BCUT2D eigenvalue weighted by Crippen LogP contribution is 2.47. The molecule has 1 spiro atoms. The number of sulfonamides is 1. The zero-order valence-electron chi connectivity index (χ0n) is 17.3. The summed E-state index contributed by atoms with van der Waals surface area (Å²) in [7, 11) is -3.34. The summed E-state index contributed by atoms with van der Waals surface area (Å²) in [5.74, 6) is 0.986. The molecule has 0 aromatic heterocycles. The van der Waals surface area contributed by atoms with Crippen LogP contribution in [-0.4, -0.2) is 56.3 Å². The Morgan fingerprint density at radius 2 is 1.76 bits per heavy atom. The van der Waals surface area contributed by atoms with E-state index in [1.807, 2.05) is 12.1 Å². The molecule has 0 atom stereocenters. The largest absolute Gasteiger partial charge is 0.357 e. The van der Waals surface area contributed by atoms with Crippen LogP contribution in [0.4, 0.5) is 0 Å². The average Bonchev–Trinajstić information content (AvgIpc) is 3.35. The van der Waals surface area contributed by atoms with E-state index in [2.05, 4.69) is 17.1 Å². The van der Waals surface area contributed by atoms with Gasteiger partial charge in [0.2, 0.25) is 10.0 Å². The van der Waals surface area contributed by atoms with Crippen molar-refractivity contribution in [3.8, 4) is 0 Å². The highest BCUT2D eigenvalue weighted by atomic mass is 127. The first-order valence-corrected chi connectivity index (χ1v) is 12.1. The second-order valence-electron chi connectivity index (χ2n) is 8.45. The van der Waals surface area contributed by atoms with Gasteiger partial charge in [-0.25, -0.2) is 13.4 Å². The molecule has 1 aromatic rings. The normalized spacial score (nSPS) is 21.8. The number of nitrogens with zero attached hydrogens (tertiary/aromatic N) is 3. The van der Waals surface area contributed by atoms with E-state index in [9.17, 15) is 8.42 Å². The van der Waals surface area contributed by atoms with Crippen molar-refractivity contribution >= 4 is 40.0 Å². The smallest absolute Gasteiger partial charge is 0.243 e.